The number of ketones is 1. The van der Waals surface area contributed by atoms with Gasteiger partial charge in [-0.1, -0.05) is 60.7 Å². The highest BCUT2D eigenvalue weighted by Crippen LogP contribution is 2.28. The van der Waals surface area contributed by atoms with Crippen LogP contribution in [0.15, 0.2) is 72.8 Å². The smallest absolute Gasteiger partial charge is 0.322 e. The van der Waals surface area contributed by atoms with Crippen LogP contribution in [0.1, 0.15) is 25.7 Å². The Morgan fingerprint density at radius 2 is 1.47 bits per heavy atom. The van der Waals surface area contributed by atoms with Gasteiger partial charge in [-0.25, -0.2) is 4.79 Å². The quantitative estimate of drug-likeness (QED) is 0.466. The largest absolute Gasteiger partial charge is 0.325 e. The zero-order valence-corrected chi connectivity index (χ0v) is 17.4. The molecule has 0 aliphatic carbocycles. The molecule has 4 rings (SSSR count). The van der Waals surface area contributed by atoms with Crippen molar-refractivity contribution in [2.24, 2.45) is 0 Å². The lowest BCUT2D eigenvalue weighted by Gasteiger charge is -2.27. The zero-order chi connectivity index (χ0) is 21.1. The van der Waals surface area contributed by atoms with Gasteiger partial charge in [-0.15, -0.1) is 11.3 Å². The average molecular weight is 419 g/mol. The number of amides is 3. The van der Waals surface area contributed by atoms with Gasteiger partial charge < -0.3 is 5.32 Å². The summed E-state index contributed by atoms with van der Waals surface area (Å²) in [5.74, 6) is -0.589. The van der Waals surface area contributed by atoms with Crippen molar-refractivity contribution in [3.05, 3.63) is 93.7 Å². The van der Waals surface area contributed by atoms with E-state index in [9.17, 15) is 14.4 Å². The number of nitrogens with one attached hydrogen (secondary N) is 1. The first kappa shape index (κ1) is 20.0. The Hall–Kier alpha value is -3.25. The molecule has 0 radical (unpaired) electrons. The Kier molecular flexibility index (Phi) is 5.50. The summed E-state index contributed by atoms with van der Waals surface area (Å²) in [7, 11) is 0. The summed E-state index contributed by atoms with van der Waals surface area (Å²) in [6.07, 6.45) is 0.715. The minimum atomic E-state index is -1.12. The highest BCUT2D eigenvalue weighted by atomic mass is 32.1. The molecule has 0 spiro atoms. The van der Waals surface area contributed by atoms with Crippen molar-refractivity contribution in [3.63, 3.8) is 0 Å². The third-order valence-electron chi connectivity index (χ3n) is 5.26. The first-order valence-electron chi connectivity index (χ1n) is 9.78. The van der Waals surface area contributed by atoms with Gasteiger partial charge in [0, 0.05) is 17.7 Å². The lowest BCUT2D eigenvalue weighted by atomic mass is 9.84. The van der Waals surface area contributed by atoms with Crippen LogP contribution in [-0.4, -0.2) is 34.7 Å². The van der Waals surface area contributed by atoms with Gasteiger partial charge in [0.1, 0.15) is 5.54 Å². The number of nitrogens with zero attached hydrogens (tertiary/aromatic N) is 1. The van der Waals surface area contributed by atoms with Crippen LogP contribution >= 0.6 is 11.3 Å². The molecule has 1 aromatic heterocycles. The first-order chi connectivity index (χ1) is 14.5. The SMILES string of the molecule is Cc1ccc(C(=O)CN2C(=O)NC(Cc3ccccc3)(Cc3ccccc3)C2=O)s1. The van der Waals surface area contributed by atoms with E-state index >= 15 is 0 Å². The van der Waals surface area contributed by atoms with Gasteiger partial charge >= 0.3 is 6.03 Å². The van der Waals surface area contributed by atoms with E-state index < -0.39 is 11.6 Å². The van der Waals surface area contributed by atoms with Gasteiger partial charge in [-0.05, 0) is 30.2 Å². The van der Waals surface area contributed by atoms with Crippen LogP contribution < -0.4 is 5.32 Å². The molecule has 1 N–H and O–H groups in total. The van der Waals surface area contributed by atoms with E-state index in [1.165, 1.54) is 11.3 Å². The Morgan fingerprint density at radius 3 is 1.97 bits per heavy atom. The molecule has 5 nitrogen and oxygen atoms in total. The van der Waals surface area contributed by atoms with Crippen molar-refractivity contribution in [2.45, 2.75) is 25.3 Å². The summed E-state index contributed by atoms with van der Waals surface area (Å²) in [6.45, 7) is 1.66. The van der Waals surface area contributed by atoms with Gasteiger partial charge in [-0.2, -0.15) is 0 Å². The third kappa shape index (κ3) is 4.04. The van der Waals surface area contributed by atoms with Gasteiger partial charge in [0.2, 0.25) is 0 Å². The highest BCUT2D eigenvalue weighted by molar-refractivity contribution is 7.14. The summed E-state index contributed by atoms with van der Waals surface area (Å²) >= 11 is 1.37. The Balaban J connectivity index is 1.63. The molecule has 0 unspecified atom stereocenters. The number of hydrogen-bond donors (Lipinski definition) is 1. The normalized spacial score (nSPS) is 15.3. The molecule has 2 aromatic carbocycles. The molecule has 0 saturated carbocycles. The number of thiophene rings is 1. The number of aryl methyl sites for hydroxylation is 1. The van der Waals surface area contributed by atoms with Crippen LogP contribution in [0.3, 0.4) is 0 Å². The summed E-state index contributed by atoms with van der Waals surface area (Å²) in [4.78, 5) is 41.6. The van der Waals surface area contributed by atoms with Crippen molar-refractivity contribution < 1.29 is 14.4 Å². The lowest BCUT2D eigenvalue weighted by molar-refractivity contribution is -0.131. The molecule has 1 aliphatic rings. The molecule has 1 saturated heterocycles. The van der Waals surface area contributed by atoms with Gasteiger partial charge in [0.25, 0.3) is 5.91 Å². The van der Waals surface area contributed by atoms with Crippen molar-refractivity contribution in [1.29, 1.82) is 0 Å². The molecule has 152 valence electrons. The topological polar surface area (TPSA) is 66.5 Å². The molecule has 3 amide bonds. The second-order valence-corrected chi connectivity index (χ2v) is 8.85. The first-order valence-corrected chi connectivity index (χ1v) is 10.6. The molecule has 2 heterocycles. The van der Waals surface area contributed by atoms with E-state index in [0.717, 1.165) is 20.9 Å². The molecule has 3 aromatic rings. The molecule has 6 heteroatoms. The molecule has 30 heavy (non-hydrogen) atoms. The second kappa shape index (κ2) is 8.24. The molecule has 1 fully saturated rings. The summed E-state index contributed by atoms with van der Waals surface area (Å²) in [5, 5.41) is 2.91. The summed E-state index contributed by atoms with van der Waals surface area (Å²) < 4.78 is 0. The minimum Gasteiger partial charge on any atom is -0.322 e. The van der Waals surface area contributed by atoms with Crippen molar-refractivity contribution in [1.82, 2.24) is 10.2 Å². The number of rotatable bonds is 7. The standard InChI is InChI=1S/C24H22N2O3S/c1-17-12-13-21(30-17)20(27)16-26-22(28)24(25-23(26)29,14-18-8-4-2-5-9-18)15-19-10-6-3-7-11-19/h2-13H,14-16H2,1H3,(H,25,29). The van der Waals surface area contributed by atoms with E-state index in [0.29, 0.717) is 17.7 Å². The second-order valence-electron chi connectivity index (χ2n) is 7.56. The van der Waals surface area contributed by atoms with Crippen LogP contribution in [-0.2, 0) is 17.6 Å². The minimum absolute atomic E-state index is 0.230. The van der Waals surface area contributed by atoms with Gasteiger partial charge in [-0.3, -0.25) is 14.5 Å². The summed E-state index contributed by atoms with van der Waals surface area (Å²) in [5.41, 5.74) is 0.777. The zero-order valence-electron chi connectivity index (χ0n) is 16.6. The van der Waals surface area contributed by atoms with Crippen LogP contribution in [0.4, 0.5) is 4.79 Å². The molecule has 1 aliphatic heterocycles. The fourth-order valence-electron chi connectivity index (χ4n) is 3.82. The number of benzene rings is 2. The van der Waals surface area contributed by atoms with Gasteiger partial charge in [0.05, 0.1) is 11.4 Å². The Labute approximate surface area is 179 Å². The maximum atomic E-state index is 13.5. The third-order valence-corrected chi connectivity index (χ3v) is 6.30. The van der Waals surface area contributed by atoms with Crippen molar-refractivity contribution in [2.75, 3.05) is 6.54 Å². The van der Waals surface area contributed by atoms with E-state index in [1.807, 2.05) is 73.7 Å². The predicted molar refractivity (Wildman–Crippen MR) is 117 cm³/mol. The highest BCUT2D eigenvalue weighted by Gasteiger charge is 2.51. The van der Waals surface area contributed by atoms with E-state index in [1.54, 1.807) is 6.07 Å². The number of hydrogen-bond acceptors (Lipinski definition) is 4. The van der Waals surface area contributed by atoms with Crippen molar-refractivity contribution >= 4 is 29.1 Å². The Bertz CT molecular complexity index is 1030. The number of carbonyl (C=O) groups is 3. The maximum absolute atomic E-state index is 13.5. The number of carbonyl (C=O) groups excluding carboxylic acids is 3. The van der Waals surface area contributed by atoms with E-state index in [2.05, 4.69) is 5.32 Å². The van der Waals surface area contributed by atoms with E-state index in [-0.39, 0.29) is 18.2 Å². The molecule has 0 atom stereocenters. The molecular formula is C24H22N2O3S. The summed E-state index contributed by atoms with van der Waals surface area (Å²) in [6, 6.07) is 22.3. The Morgan fingerprint density at radius 1 is 0.900 bits per heavy atom. The average Bonchev–Trinajstić information content (AvgIpc) is 3.27. The lowest BCUT2D eigenvalue weighted by Crippen LogP contribution is -2.51. The van der Waals surface area contributed by atoms with Crippen LogP contribution in [0, 0.1) is 6.92 Å². The van der Waals surface area contributed by atoms with Crippen LogP contribution in [0.5, 0.6) is 0 Å². The fraction of sp³-hybridized carbons (Fsp3) is 0.208. The molecule has 0 bridgehead atoms. The number of urea groups is 1. The van der Waals surface area contributed by atoms with E-state index in [4.69, 9.17) is 0 Å². The van der Waals surface area contributed by atoms with Gasteiger partial charge in [0.15, 0.2) is 5.78 Å². The van der Waals surface area contributed by atoms with Crippen LogP contribution in [0.25, 0.3) is 0 Å². The number of Topliss-reactive ketones (excluding diaryl/α,β-unsaturated/α-hetero) is 1. The fourth-order valence-corrected chi connectivity index (χ4v) is 4.61. The van der Waals surface area contributed by atoms with Crippen LogP contribution in [0.2, 0.25) is 0 Å². The predicted octanol–water partition coefficient (Wildman–Crippen LogP) is 4.02. The molecular weight excluding hydrogens is 396 g/mol. The van der Waals surface area contributed by atoms with Crippen molar-refractivity contribution in [3.8, 4) is 0 Å². The maximum Gasteiger partial charge on any atom is 0.325 e. The monoisotopic (exact) mass is 418 g/mol. The number of imide groups is 1.